The van der Waals surface area contributed by atoms with Crippen LogP contribution >= 0.6 is 0 Å². The number of carbonyl (C=O) groups excluding carboxylic acids is 3. The van der Waals surface area contributed by atoms with E-state index in [4.69, 9.17) is 0 Å². The second-order valence-electron chi connectivity index (χ2n) is 4.92. The van der Waals surface area contributed by atoms with Crippen molar-refractivity contribution < 1.29 is 49.0 Å². The van der Waals surface area contributed by atoms with Gasteiger partial charge in [0.15, 0.2) is 5.78 Å². The maximum atomic E-state index is 10.5. The SMILES string of the molecule is CC(=O)C=Cc1ccccc1.CC(C)=O.O=C([O-])c1ccccc1.[Na+]. The molecule has 0 bridgehead atoms. The van der Waals surface area contributed by atoms with Crippen molar-refractivity contribution >= 4 is 23.6 Å². The number of aromatic carboxylic acids is 1. The first kappa shape index (κ1) is 25.2. The first-order chi connectivity index (χ1) is 11.3. The van der Waals surface area contributed by atoms with E-state index in [1.54, 1.807) is 31.2 Å². The maximum Gasteiger partial charge on any atom is 1.00 e. The van der Waals surface area contributed by atoms with Gasteiger partial charge < -0.3 is 14.7 Å². The van der Waals surface area contributed by atoms with Gasteiger partial charge in [-0.05, 0) is 38.0 Å². The summed E-state index contributed by atoms with van der Waals surface area (Å²) in [5.41, 5.74) is 1.28. The molecule has 0 aliphatic rings. The minimum absolute atomic E-state index is 0. The zero-order chi connectivity index (χ0) is 18.4. The van der Waals surface area contributed by atoms with Crippen LogP contribution in [0.25, 0.3) is 6.08 Å². The molecule has 2 rings (SSSR count). The summed E-state index contributed by atoms with van der Waals surface area (Å²) in [4.78, 5) is 30.1. The van der Waals surface area contributed by atoms with Gasteiger partial charge in [-0.25, -0.2) is 0 Å². The van der Waals surface area contributed by atoms with Crippen molar-refractivity contribution in [2.45, 2.75) is 20.8 Å². The van der Waals surface area contributed by atoms with Crippen molar-refractivity contribution in [1.29, 1.82) is 0 Å². The average molecular weight is 348 g/mol. The summed E-state index contributed by atoms with van der Waals surface area (Å²) in [5.74, 6) is -0.885. The fraction of sp³-hybridized carbons (Fsp3) is 0.150. The number of carboxylic acids is 1. The third-order valence-corrected chi connectivity index (χ3v) is 2.32. The van der Waals surface area contributed by atoms with Gasteiger partial charge in [0.25, 0.3) is 0 Å². The number of hydrogen-bond acceptors (Lipinski definition) is 4. The van der Waals surface area contributed by atoms with Gasteiger partial charge in [-0.15, -0.1) is 0 Å². The molecular weight excluding hydrogens is 327 g/mol. The number of carbonyl (C=O) groups is 3. The molecule has 25 heavy (non-hydrogen) atoms. The van der Waals surface area contributed by atoms with Crippen LogP contribution in [0.15, 0.2) is 66.7 Å². The molecular formula is C20H21NaO4. The van der Waals surface area contributed by atoms with Crippen LogP contribution in [0.4, 0.5) is 0 Å². The third-order valence-electron chi connectivity index (χ3n) is 2.32. The number of hydrogen-bond donors (Lipinski definition) is 0. The summed E-state index contributed by atoms with van der Waals surface area (Å²) in [6.07, 6.45) is 3.37. The van der Waals surface area contributed by atoms with Gasteiger partial charge in [0.2, 0.25) is 0 Å². The minimum atomic E-state index is -1.13. The molecule has 2 aromatic carbocycles. The van der Waals surface area contributed by atoms with E-state index in [2.05, 4.69) is 0 Å². The molecule has 126 valence electrons. The average Bonchev–Trinajstić information content (AvgIpc) is 2.55. The molecule has 0 amide bonds. The second-order valence-corrected chi connectivity index (χ2v) is 4.92. The standard InChI is InChI=1S/C10H10O.C7H6O2.C3H6O.Na/c1-9(11)7-8-10-5-3-2-4-6-10;8-7(9)6-4-2-1-3-5-6;1-3(2)4;/h2-8H,1H3;1-5H,(H,8,9);1-2H3;/q;;;+1/p-1. The summed E-state index contributed by atoms with van der Waals surface area (Å²) in [6, 6.07) is 17.8. The van der Waals surface area contributed by atoms with Gasteiger partial charge in [-0.3, -0.25) is 4.79 Å². The Morgan fingerprint density at radius 2 is 1.20 bits per heavy atom. The molecule has 0 aliphatic carbocycles. The molecule has 0 saturated carbocycles. The smallest absolute Gasteiger partial charge is 0.545 e. The molecule has 0 spiro atoms. The van der Waals surface area contributed by atoms with Gasteiger partial charge in [-0.2, -0.15) is 0 Å². The number of carboxylic acid groups (broad SMARTS) is 1. The molecule has 4 nitrogen and oxygen atoms in total. The van der Waals surface area contributed by atoms with E-state index >= 15 is 0 Å². The molecule has 0 fully saturated rings. The summed E-state index contributed by atoms with van der Waals surface area (Å²) in [6.45, 7) is 4.60. The Labute approximate surface area is 170 Å². The quantitative estimate of drug-likeness (QED) is 0.575. The van der Waals surface area contributed by atoms with Crippen molar-refractivity contribution in [3.8, 4) is 0 Å². The molecule has 5 heteroatoms. The van der Waals surface area contributed by atoms with Crippen LogP contribution in [0, 0.1) is 0 Å². The number of Topliss-reactive ketones (excluding diaryl/α,β-unsaturated/α-hetero) is 1. The van der Waals surface area contributed by atoms with E-state index in [0.29, 0.717) is 0 Å². The third kappa shape index (κ3) is 16.6. The topological polar surface area (TPSA) is 74.3 Å². The van der Waals surface area contributed by atoms with Crippen LogP contribution in [0.5, 0.6) is 0 Å². The fourth-order valence-corrected chi connectivity index (χ4v) is 1.35. The monoisotopic (exact) mass is 348 g/mol. The second kappa shape index (κ2) is 15.5. The molecule has 2 aromatic rings. The zero-order valence-electron chi connectivity index (χ0n) is 15.1. The summed E-state index contributed by atoms with van der Waals surface area (Å²) in [7, 11) is 0. The Morgan fingerprint density at radius 1 is 0.800 bits per heavy atom. The van der Waals surface area contributed by atoms with Crippen LogP contribution in [0.2, 0.25) is 0 Å². The van der Waals surface area contributed by atoms with E-state index in [1.165, 1.54) is 26.0 Å². The Kier molecular flexibility index (Phi) is 15.7. The summed E-state index contributed by atoms with van der Waals surface area (Å²) < 4.78 is 0. The normalized spacial score (nSPS) is 8.76. The van der Waals surface area contributed by atoms with Crippen LogP contribution in [-0.4, -0.2) is 17.5 Å². The molecule has 0 N–H and O–H groups in total. The minimum Gasteiger partial charge on any atom is -0.545 e. The van der Waals surface area contributed by atoms with Crippen LogP contribution in [0.1, 0.15) is 36.7 Å². The van der Waals surface area contributed by atoms with E-state index < -0.39 is 5.97 Å². The molecule has 0 aliphatic heterocycles. The molecule has 0 aromatic heterocycles. The van der Waals surface area contributed by atoms with Crippen molar-refractivity contribution in [3.05, 3.63) is 77.9 Å². The van der Waals surface area contributed by atoms with Gasteiger partial charge in [-0.1, -0.05) is 66.7 Å². The Balaban J connectivity index is 0. The first-order valence-corrected chi connectivity index (χ1v) is 7.30. The first-order valence-electron chi connectivity index (χ1n) is 7.30. The number of allylic oxidation sites excluding steroid dienone is 1. The van der Waals surface area contributed by atoms with Crippen LogP contribution in [0.3, 0.4) is 0 Å². The van der Waals surface area contributed by atoms with Gasteiger partial charge in [0.1, 0.15) is 5.78 Å². The van der Waals surface area contributed by atoms with E-state index in [-0.39, 0.29) is 46.7 Å². The van der Waals surface area contributed by atoms with Crippen LogP contribution < -0.4 is 34.7 Å². The summed E-state index contributed by atoms with van der Waals surface area (Å²) in [5, 5.41) is 10.1. The number of benzene rings is 2. The van der Waals surface area contributed by atoms with Gasteiger partial charge >= 0.3 is 29.6 Å². The largest absolute Gasteiger partial charge is 1.00 e. The van der Waals surface area contributed by atoms with E-state index in [1.807, 2.05) is 36.4 Å². The maximum absolute atomic E-state index is 10.5. The Hall–Kier alpha value is -2.01. The fourth-order valence-electron chi connectivity index (χ4n) is 1.35. The predicted molar refractivity (Wildman–Crippen MR) is 93.3 cm³/mol. The molecule has 0 atom stereocenters. The Morgan fingerprint density at radius 3 is 1.52 bits per heavy atom. The van der Waals surface area contributed by atoms with Gasteiger partial charge in [0.05, 0.1) is 5.97 Å². The van der Waals surface area contributed by atoms with Crippen molar-refractivity contribution in [2.75, 3.05) is 0 Å². The van der Waals surface area contributed by atoms with E-state index in [9.17, 15) is 19.5 Å². The Bertz CT molecular complexity index is 661. The van der Waals surface area contributed by atoms with E-state index in [0.717, 1.165) is 5.56 Å². The van der Waals surface area contributed by atoms with Gasteiger partial charge in [0, 0.05) is 0 Å². The van der Waals surface area contributed by atoms with Crippen molar-refractivity contribution in [1.82, 2.24) is 0 Å². The molecule has 0 heterocycles. The zero-order valence-corrected chi connectivity index (χ0v) is 17.1. The summed E-state index contributed by atoms with van der Waals surface area (Å²) >= 11 is 0. The number of rotatable bonds is 3. The van der Waals surface area contributed by atoms with Crippen molar-refractivity contribution in [3.63, 3.8) is 0 Å². The molecule has 0 radical (unpaired) electrons. The van der Waals surface area contributed by atoms with Crippen molar-refractivity contribution in [2.24, 2.45) is 0 Å². The predicted octanol–water partition coefficient (Wildman–Crippen LogP) is -0.0618. The van der Waals surface area contributed by atoms with Crippen LogP contribution in [-0.2, 0) is 9.59 Å². The number of ketones is 2. The molecule has 0 unspecified atom stereocenters. The molecule has 0 saturated heterocycles.